The first-order valence-corrected chi connectivity index (χ1v) is 6.39. The van der Waals surface area contributed by atoms with E-state index in [2.05, 4.69) is 15.2 Å². The van der Waals surface area contributed by atoms with Crippen molar-refractivity contribution < 1.29 is 9.53 Å². The predicted molar refractivity (Wildman–Crippen MR) is 67.8 cm³/mol. The number of ether oxygens (including phenoxy) is 1. The van der Waals surface area contributed by atoms with E-state index in [1.807, 2.05) is 11.8 Å². The molecule has 1 atom stereocenters. The molecule has 0 saturated carbocycles. The molecule has 0 amide bonds. The van der Waals surface area contributed by atoms with E-state index in [1.165, 1.54) is 0 Å². The quantitative estimate of drug-likeness (QED) is 0.756. The Hall–Kier alpha value is -2.18. The molecule has 3 heterocycles. The Morgan fingerprint density at radius 1 is 1.58 bits per heavy atom. The number of rotatable bonds is 3. The molecule has 2 aromatic heterocycles. The van der Waals surface area contributed by atoms with Gasteiger partial charge in [0.1, 0.15) is 12.4 Å². The van der Waals surface area contributed by atoms with Crippen LogP contribution in [0.5, 0.6) is 0 Å². The van der Waals surface area contributed by atoms with E-state index in [0.29, 0.717) is 18.1 Å². The van der Waals surface area contributed by atoms with Gasteiger partial charge in [0.2, 0.25) is 5.65 Å². The fourth-order valence-electron chi connectivity index (χ4n) is 2.45. The first kappa shape index (κ1) is 11.9. The molecule has 1 aliphatic rings. The van der Waals surface area contributed by atoms with Crippen molar-refractivity contribution in [2.24, 2.45) is 0 Å². The fraction of sp³-hybridized carbons (Fsp3) is 0.500. The predicted octanol–water partition coefficient (Wildman–Crippen LogP) is 0.656. The summed E-state index contributed by atoms with van der Waals surface area (Å²) in [5.74, 6) is 0.499. The summed E-state index contributed by atoms with van der Waals surface area (Å²) in [5, 5.41) is 7.93. The number of aromatic nitrogens is 4. The third-order valence-corrected chi connectivity index (χ3v) is 3.28. The van der Waals surface area contributed by atoms with E-state index in [0.717, 1.165) is 19.4 Å². The van der Waals surface area contributed by atoms with Gasteiger partial charge in [0.05, 0.1) is 6.61 Å². The van der Waals surface area contributed by atoms with Crippen LogP contribution in [0.1, 0.15) is 19.8 Å². The number of hydrogen-bond donors (Lipinski definition) is 0. The Morgan fingerprint density at radius 2 is 2.47 bits per heavy atom. The lowest BCUT2D eigenvalue weighted by Gasteiger charge is -2.23. The van der Waals surface area contributed by atoms with Gasteiger partial charge in [0, 0.05) is 18.9 Å². The van der Waals surface area contributed by atoms with Crippen molar-refractivity contribution in [2.75, 3.05) is 18.1 Å². The minimum Gasteiger partial charge on any atom is -0.464 e. The van der Waals surface area contributed by atoms with Gasteiger partial charge in [-0.2, -0.15) is 0 Å². The average molecular weight is 261 g/mol. The number of fused-ring (bicyclic) bond motifs is 1. The highest BCUT2D eigenvalue weighted by molar-refractivity contribution is 5.82. The van der Waals surface area contributed by atoms with E-state index in [9.17, 15) is 4.79 Å². The Morgan fingerprint density at radius 3 is 3.32 bits per heavy atom. The van der Waals surface area contributed by atoms with Crippen molar-refractivity contribution in [3.8, 4) is 0 Å². The minimum absolute atomic E-state index is 0.191. The van der Waals surface area contributed by atoms with E-state index >= 15 is 0 Å². The maximum absolute atomic E-state index is 12.0. The van der Waals surface area contributed by atoms with Crippen molar-refractivity contribution in [2.45, 2.75) is 25.8 Å². The van der Waals surface area contributed by atoms with Crippen LogP contribution in [-0.2, 0) is 9.53 Å². The summed E-state index contributed by atoms with van der Waals surface area (Å²) in [6, 6.07) is -0.268. The molecule has 0 aliphatic carbocycles. The van der Waals surface area contributed by atoms with Gasteiger partial charge in [0.15, 0.2) is 5.82 Å². The third kappa shape index (κ3) is 2.00. The van der Waals surface area contributed by atoms with Gasteiger partial charge in [-0.05, 0) is 19.8 Å². The molecule has 2 aromatic rings. The van der Waals surface area contributed by atoms with Crippen LogP contribution in [0.4, 0.5) is 5.82 Å². The van der Waals surface area contributed by atoms with E-state index < -0.39 is 0 Å². The summed E-state index contributed by atoms with van der Waals surface area (Å²) in [5.41, 5.74) is 0.665. The molecular weight excluding hydrogens is 246 g/mol. The molecule has 1 unspecified atom stereocenters. The molecule has 0 spiro atoms. The van der Waals surface area contributed by atoms with Crippen LogP contribution >= 0.6 is 0 Å². The molecule has 0 bridgehead atoms. The fourth-order valence-corrected chi connectivity index (χ4v) is 2.45. The van der Waals surface area contributed by atoms with Gasteiger partial charge in [-0.15, -0.1) is 10.2 Å². The van der Waals surface area contributed by atoms with Crippen molar-refractivity contribution in [3.63, 3.8) is 0 Å². The normalized spacial score (nSPS) is 19.0. The molecule has 0 aromatic carbocycles. The van der Waals surface area contributed by atoms with Gasteiger partial charge in [-0.3, -0.25) is 4.40 Å². The van der Waals surface area contributed by atoms with Crippen LogP contribution in [0.25, 0.3) is 5.65 Å². The molecule has 1 aliphatic heterocycles. The van der Waals surface area contributed by atoms with Crippen LogP contribution in [-0.4, -0.2) is 44.7 Å². The minimum atomic E-state index is -0.268. The Bertz CT molecular complexity index is 597. The molecule has 1 saturated heterocycles. The number of esters is 1. The SMILES string of the molecule is CCOC(=O)C1CCCN1c1nccn2cnnc12. The van der Waals surface area contributed by atoms with Crippen LogP contribution in [0.3, 0.4) is 0 Å². The highest BCUT2D eigenvalue weighted by Crippen LogP contribution is 2.26. The number of nitrogens with zero attached hydrogens (tertiary/aromatic N) is 5. The maximum atomic E-state index is 12.0. The number of carbonyl (C=O) groups is 1. The zero-order chi connectivity index (χ0) is 13.2. The van der Waals surface area contributed by atoms with Crippen LogP contribution in [0.15, 0.2) is 18.7 Å². The lowest BCUT2D eigenvalue weighted by Crippen LogP contribution is -2.38. The monoisotopic (exact) mass is 261 g/mol. The third-order valence-electron chi connectivity index (χ3n) is 3.28. The number of carbonyl (C=O) groups excluding carboxylic acids is 1. The van der Waals surface area contributed by atoms with Gasteiger partial charge >= 0.3 is 5.97 Å². The Balaban J connectivity index is 1.96. The molecule has 7 nitrogen and oxygen atoms in total. The molecule has 0 N–H and O–H groups in total. The van der Waals surface area contributed by atoms with Crippen molar-refractivity contribution in [1.29, 1.82) is 0 Å². The Kier molecular flexibility index (Phi) is 3.02. The van der Waals surface area contributed by atoms with Crippen molar-refractivity contribution in [1.82, 2.24) is 19.6 Å². The summed E-state index contributed by atoms with van der Waals surface area (Å²) in [6.45, 7) is 2.99. The van der Waals surface area contributed by atoms with Crippen LogP contribution in [0.2, 0.25) is 0 Å². The lowest BCUT2D eigenvalue weighted by atomic mass is 10.2. The second kappa shape index (κ2) is 4.83. The van der Waals surface area contributed by atoms with E-state index in [1.54, 1.807) is 23.1 Å². The smallest absolute Gasteiger partial charge is 0.328 e. The zero-order valence-corrected chi connectivity index (χ0v) is 10.7. The second-order valence-electron chi connectivity index (χ2n) is 4.42. The highest BCUT2D eigenvalue weighted by atomic mass is 16.5. The van der Waals surface area contributed by atoms with E-state index in [-0.39, 0.29) is 12.0 Å². The van der Waals surface area contributed by atoms with Crippen molar-refractivity contribution in [3.05, 3.63) is 18.7 Å². The van der Waals surface area contributed by atoms with Gasteiger partial charge in [-0.25, -0.2) is 9.78 Å². The molecule has 0 radical (unpaired) electrons. The summed E-state index contributed by atoms with van der Waals surface area (Å²) in [7, 11) is 0. The van der Waals surface area contributed by atoms with Gasteiger partial charge in [0.25, 0.3) is 0 Å². The average Bonchev–Trinajstić information content (AvgIpc) is 3.07. The molecule has 7 heteroatoms. The summed E-state index contributed by atoms with van der Waals surface area (Å²) in [6.07, 6.45) is 6.83. The lowest BCUT2D eigenvalue weighted by molar-refractivity contribution is -0.144. The Labute approximate surface area is 110 Å². The largest absolute Gasteiger partial charge is 0.464 e. The van der Waals surface area contributed by atoms with Crippen LogP contribution in [0, 0.1) is 0 Å². The number of hydrogen-bond acceptors (Lipinski definition) is 6. The first-order chi connectivity index (χ1) is 9.31. The topological polar surface area (TPSA) is 72.6 Å². The molecule has 100 valence electrons. The van der Waals surface area contributed by atoms with E-state index in [4.69, 9.17) is 4.74 Å². The first-order valence-electron chi connectivity index (χ1n) is 6.39. The summed E-state index contributed by atoms with van der Waals surface area (Å²) in [4.78, 5) is 18.3. The molecule has 1 fully saturated rings. The molecular formula is C12H15N5O2. The van der Waals surface area contributed by atoms with Gasteiger partial charge < -0.3 is 9.64 Å². The second-order valence-corrected chi connectivity index (χ2v) is 4.42. The zero-order valence-electron chi connectivity index (χ0n) is 10.7. The standard InChI is InChI=1S/C12H15N5O2/c1-2-19-12(18)9-4-3-6-17(9)10-11-15-14-8-16(11)7-5-13-10/h5,7-9H,2-4,6H2,1H3. The van der Waals surface area contributed by atoms with Crippen LogP contribution < -0.4 is 4.90 Å². The summed E-state index contributed by atoms with van der Waals surface area (Å²) >= 11 is 0. The van der Waals surface area contributed by atoms with Crippen molar-refractivity contribution >= 4 is 17.4 Å². The molecule has 19 heavy (non-hydrogen) atoms. The summed E-state index contributed by atoms with van der Waals surface area (Å²) < 4.78 is 6.91. The highest BCUT2D eigenvalue weighted by Gasteiger charge is 2.34. The maximum Gasteiger partial charge on any atom is 0.328 e. The number of anilines is 1. The molecule has 3 rings (SSSR count). The van der Waals surface area contributed by atoms with Gasteiger partial charge in [-0.1, -0.05) is 0 Å².